The number of nitrogens with zero attached hydrogens (tertiary/aromatic N) is 1. The number of fused-ring (bicyclic) bond motifs is 1. The number of rotatable bonds is 5. The maximum atomic E-state index is 12.9. The molecule has 2 aliphatic rings. The normalized spacial score (nSPS) is 19.6. The monoisotopic (exact) mass is 368 g/mol. The Labute approximate surface area is 156 Å². The standard InChI is InChI=1S/C19H28N2O3.ClH/c1-14(2)12-21(19(22)18-11-20-7-9-24-18)13-15-5-6-17-16(10-15)4-3-8-23-17;/h5-6,10,14,18,20H,3-4,7-9,11-13H2,1-2H3;1H. The van der Waals surface area contributed by atoms with Gasteiger partial charge in [0.15, 0.2) is 0 Å². The lowest BCUT2D eigenvalue weighted by atomic mass is 10.0. The molecule has 0 saturated carbocycles. The summed E-state index contributed by atoms with van der Waals surface area (Å²) in [7, 11) is 0. The molecule has 25 heavy (non-hydrogen) atoms. The third-order valence-corrected chi connectivity index (χ3v) is 4.45. The quantitative estimate of drug-likeness (QED) is 0.867. The molecule has 1 unspecified atom stereocenters. The minimum absolute atomic E-state index is 0. The molecule has 1 saturated heterocycles. The van der Waals surface area contributed by atoms with Gasteiger partial charge in [0, 0.05) is 26.2 Å². The van der Waals surface area contributed by atoms with E-state index in [4.69, 9.17) is 9.47 Å². The molecular weight excluding hydrogens is 340 g/mol. The molecule has 1 fully saturated rings. The largest absolute Gasteiger partial charge is 0.493 e. The number of amides is 1. The molecule has 1 aromatic rings. The van der Waals surface area contributed by atoms with E-state index in [1.54, 1.807) is 0 Å². The minimum atomic E-state index is -0.363. The number of nitrogens with one attached hydrogen (secondary N) is 1. The number of aryl methyl sites for hydroxylation is 1. The van der Waals surface area contributed by atoms with E-state index < -0.39 is 0 Å². The summed E-state index contributed by atoms with van der Waals surface area (Å²) < 4.78 is 11.3. The van der Waals surface area contributed by atoms with Crippen LogP contribution in [0.2, 0.25) is 0 Å². The van der Waals surface area contributed by atoms with Crippen LogP contribution in [0.15, 0.2) is 18.2 Å². The molecule has 0 radical (unpaired) electrons. The van der Waals surface area contributed by atoms with Gasteiger partial charge in [-0.25, -0.2) is 0 Å². The molecule has 1 atom stereocenters. The van der Waals surface area contributed by atoms with Crippen LogP contribution in [0.3, 0.4) is 0 Å². The molecule has 2 heterocycles. The van der Waals surface area contributed by atoms with Crippen LogP contribution in [0, 0.1) is 5.92 Å². The Morgan fingerprint density at radius 1 is 1.36 bits per heavy atom. The van der Waals surface area contributed by atoms with Crippen molar-refractivity contribution in [1.82, 2.24) is 10.2 Å². The number of morpholine rings is 1. The van der Waals surface area contributed by atoms with Gasteiger partial charge in [-0.1, -0.05) is 26.0 Å². The summed E-state index contributed by atoms with van der Waals surface area (Å²) in [5.41, 5.74) is 2.42. The summed E-state index contributed by atoms with van der Waals surface area (Å²) in [5, 5.41) is 3.24. The first-order valence-electron chi connectivity index (χ1n) is 8.99. The number of ether oxygens (including phenoxy) is 2. The molecule has 0 spiro atoms. The van der Waals surface area contributed by atoms with Gasteiger partial charge in [0.2, 0.25) is 0 Å². The lowest BCUT2D eigenvalue weighted by Gasteiger charge is -2.31. The first-order valence-corrected chi connectivity index (χ1v) is 8.99. The van der Waals surface area contributed by atoms with Crippen LogP contribution in [0.5, 0.6) is 5.75 Å². The van der Waals surface area contributed by atoms with E-state index in [2.05, 4.69) is 31.3 Å². The van der Waals surface area contributed by atoms with Gasteiger partial charge in [-0.15, -0.1) is 12.4 Å². The fourth-order valence-corrected chi connectivity index (χ4v) is 3.33. The first-order chi connectivity index (χ1) is 11.6. The summed E-state index contributed by atoms with van der Waals surface area (Å²) in [5.74, 6) is 1.50. The highest BCUT2D eigenvalue weighted by Gasteiger charge is 2.27. The Morgan fingerprint density at radius 2 is 2.20 bits per heavy atom. The number of hydrogen-bond acceptors (Lipinski definition) is 4. The maximum absolute atomic E-state index is 12.9. The highest BCUT2D eigenvalue weighted by Crippen LogP contribution is 2.26. The molecule has 3 rings (SSSR count). The maximum Gasteiger partial charge on any atom is 0.253 e. The van der Waals surface area contributed by atoms with Crippen LogP contribution in [0.1, 0.15) is 31.4 Å². The minimum Gasteiger partial charge on any atom is -0.493 e. The summed E-state index contributed by atoms with van der Waals surface area (Å²) in [6, 6.07) is 6.31. The Morgan fingerprint density at radius 3 is 2.92 bits per heavy atom. The van der Waals surface area contributed by atoms with Gasteiger partial charge in [0.25, 0.3) is 5.91 Å². The highest BCUT2D eigenvalue weighted by molar-refractivity contribution is 5.85. The van der Waals surface area contributed by atoms with Crippen molar-refractivity contribution in [2.24, 2.45) is 5.92 Å². The molecule has 0 aliphatic carbocycles. The molecule has 140 valence electrons. The number of benzene rings is 1. The second kappa shape index (κ2) is 9.41. The van der Waals surface area contributed by atoms with Crippen molar-refractivity contribution in [3.63, 3.8) is 0 Å². The summed E-state index contributed by atoms with van der Waals surface area (Å²) in [4.78, 5) is 14.8. The Balaban J connectivity index is 0.00000225. The Kier molecular flexibility index (Phi) is 7.54. The van der Waals surface area contributed by atoms with Crippen molar-refractivity contribution in [3.8, 4) is 5.75 Å². The van der Waals surface area contributed by atoms with E-state index in [1.807, 2.05) is 11.0 Å². The van der Waals surface area contributed by atoms with E-state index >= 15 is 0 Å². The highest BCUT2D eigenvalue weighted by atomic mass is 35.5. The molecule has 5 nitrogen and oxygen atoms in total. The first kappa shape index (κ1) is 20.0. The summed E-state index contributed by atoms with van der Waals surface area (Å²) >= 11 is 0. The van der Waals surface area contributed by atoms with Crippen molar-refractivity contribution in [2.75, 3.05) is 32.8 Å². The average molecular weight is 369 g/mol. The van der Waals surface area contributed by atoms with Crippen LogP contribution in [-0.4, -0.2) is 49.8 Å². The van der Waals surface area contributed by atoms with Gasteiger partial charge in [0.05, 0.1) is 13.2 Å². The molecule has 1 N–H and O–H groups in total. The van der Waals surface area contributed by atoms with Crippen LogP contribution in [0.25, 0.3) is 0 Å². The smallest absolute Gasteiger partial charge is 0.253 e. The zero-order valence-electron chi connectivity index (χ0n) is 15.1. The molecule has 0 aromatic heterocycles. The van der Waals surface area contributed by atoms with E-state index in [9.17, 15) is 4.79 Å². The average Bonchev–Trinajstić information content (AvgIpc) is 2.61. The molecule has 1 amide bonds. The van der Waals surface area contributed by atoms with Gasteiger partial charge in [0.1, 0.15) is 11.9 Å². The molecule has 1 aromatic carbocycles. The Hall–Kier alpha value is -1.30. The summed E-state index contributed by atoms with van der Waals surface area (Å²) in [6.07, 6.45) is 1.75. The van der Waals surface area contributed by atoms with Crippen molar-refractivity contribution < 1.29 is 14.3 Å². The van der Waals surface area contributed by atoms with E-state index in [0.29, 0.717) is 25.6 Å². The number of halogens is 1. The van der Waals surface area contributed by atoms with E-state index in [1.165, 1.54) is 5.56 Å². The van der Waals surface area contributed by atoms with Crippen molar-refractivity contribution in [1.29, 1.82) is 0 Å². The Bertz CT molecular complexity index is 574. The van der Waals surface area contributed by atoms with Gasteiger partial charge in [-0.2, -0.15) is 0 Å². The van der Waals surface area contributed by atoms with Crippen LogP contribution >= 0.6 is 12.4 Å². The second-order valence-electron chi connectivity index (χ2n) is 7.07. The third kappa shape index (κ3) is 5.33. The van der Waals surface area contributed by atoms with E-state index in [0.717, 1.165) is 43.9 Å². The van der Waals surface area contributed by atoms with Gasteiger partial charge in [-0.05, 0) is 36.0 Å². The fourth-order valence-electron chi connectivity index (χ4n) is 3.33. The third-order valence-electron chi connectivity index (χ3n) is 4.45. The van der Waals surface area contributed by atoms with Gasteiger partial charge >= 0.3 is 0 Å². The lowest BCUT2D eigenvalue weighted by Crippen LogP contribution is -2.49. The van der Waals surface area contributed by atoms with Gasteiger partial charge < -0.3 is 19.7 Å². The molecule has 6 heteroatoms. The van der Waals surface area contributed by atoms with Crippen molar-refractivity contribution >= 4 is 18.3 Å². The number of hydrogen-bond donors (Lipinski definition) is 1. The van der Waals surface area contributed by atoms with Crippen molar-refractivity contribution in [3.05, 3.63) is 29.3 Å². The van der Waals surface area contributed by atoms with Crippen LogP contribution in [-0.2, 0) is 22.5 Å². The summed E-state index contributed by atoms with van der Waals surface area (Å²) in [6.45, 7) is 8.47. The van der Waals surface area contributed by atoms with Crippen LogP contribution < -0.4 is 10.1 Å². The number of carbonyl (C=O) groups excluding carboxylic acids is 1. The molecular formula is C19H29ClN2O3. The van der Waals surface area contributed by atoms with Crippen molar-refractivity contribution in [2.45, 2.75) is 39.3 Å². The predicted octanol–water partition coefficient (Wildman–Crippen LogP) is 2.41. The lowest BCUT2D eigenvalue weighted by molar-refractivity contribution is -0.146. The number of carbonyl (C=O) groups is 1. The van der Waals surface area contributed by atoms with E-state index in [-0.39, 0.29) is 24.4 Å². The SMILES string of the molecule is CC(C)CN(Cc1ccc2c(c1)CCCO2)C(=O)C1CNCCO1.Cl. The predicted molar refractivity (Wildman–Crippen MR) is 100 cm³/mol. The zero-order valence-corrected chi connectivity index (χ0v) is 15.9. The topological polar surface area (TPSA) is 50.8 Å². The molecule has 0 bridgehead atoms. The van der Waals surface area contributed by atoms with Crippen LogP contribution in [0.4, 0.5) is 0 Å². The zero-order chi connectivity index (χ0) is 16.9. The fraction of sp³-hybridized carbons (Fsp3) is 0.632. The van der Waals surface area contributed by atoms with Gasteiger partial charge in [-0.3, -0.25) is 4.79 Å². The second-order valence-corrected chi connectivity index (χ2v) is 7.07. The molecule has 2 aliphatic heterocycles.